The number of rotatable bonds is 6. The van der Waals surface area contributed by atoms with Crippen LogP contribution < -0.4 is 10.2 Å². The van der Waals surface area contributed by atoms with Crippen molar-refractivity contribution in [3.63, 3.8) is 0 Å². The van der Waals surface area contributed by atoms with Crippen LogP contribution in [-0.4, -0.2) is 83.4 Å². The molecule has 12 nitrogen and oxygen atoms in total. The summed E-state index contributed by atoms with van der Waals surface area (Å²) >= 11 is 0. The summed E-state index contributed by atoms with van der Waals surface area (Å²) < 4.78 is 14.0. The van der Waals surface area contributed by atoms with Gasteiger partial charge in [0.15, 0.2) is 11.1 Å². The molecule has 1 fully saturated rings. The van der Waals surface area contributed by atoms with Crippen LogP contribution in [-0.2, 0) is 4.74 Å². The van der Waals surface area contributed by atoms with Gasteiger partial charge in [0.2, 0.25) is 6.29 Å². The Bertz CT molecular complexity index is 1460. The van der Waals surface area contributed by atoms with Crippen LogP contribution in [0.4, 0.5) is 0 Å². The van der Waals surface area contributed by atoms with Crippen LogP contribution in [0.5, 0.6) is 5.75 Å². The average molecular weight is 507 g/mol. The largest absolute Gasteiger partial charge is 0.462 e. The fourth-order valence-corrected chi connectivity index (χ4v) is 3.95. The van der Waals surface area contributed by atoms with Gasteiger partial charge in [-0.25, -0.2) is 14.3 Å². The van der Waals surface area contributed by atoms with Crippen molar-refractivity contribution in [3.8, 4) is 11.4 Å². The Morgan fingerprint density at radius 1 is 1.05 bits per heavy atom. The lowest BCUT2D eigenvalue weighted by Gasteiger charge is -2.39. The van der Waals surface area contributed by atoms with Crippen molar-refractivity contribution in [2.75, 3.05) is 6.61 Å². The summed E-state index contributed by atoms with van der Waals surface area (Å²) in [6.07, 6.45) is -2.21. The zero-order valence-electron chi connectivity index (χ0n) is 19.8. The Balaban J connectivity index is 1.30. The normalized spacial score (nSPS) is 24.1. The van der Waals surface area contributed by atoms with Gasteiger partial charge in [-0.15, -0.1) is 0 Å². The van der Waals surface area contributed by atoms with Crippen molar-refractivity contribution in [1.29, 1.82) is 5.41 Å². The summed E-state index contributed by atoms with van der Waals surface area (Å²) in [5, 5.41) is 57.0. The molecule has 5 N–H and O–H groups in total. The smallest absolute Gasteiger partial charge is 0.229 e. The van der Waals surface area contributed by atoms with Gasteiger partial charge in [-0.05, 0) is 48.9 Å². The Hall–Kier alpha value is -3.94. The molecule has 0 aliphatic carbocycles. The molecule has 0 spiro atoms. The highest BCUT2D eigenvalue weighted by molar-refractivity contribution is 5.80. The fraction of sp³-hybridized carbons (Fsp3) is 0.280. The highest BCUT2D eigenvalue weighted by Gasteiger charge is 2.44. The van der Waals surface area contributed by atoms with Crippen molar-refractivity contribution in [3.05, 3.63) is 77.7 Å². The highest BCUT2D eigenvalue weighted by atomic mass is 16.7. The fourth-order valence-electron chi connectivity index (χ4n) is 3.95. The van der Waals surface area contributed by atoms with Crippen LogP contribution in [0, 0.1) is 12.3 Å². The topological polar surface area (TPSA) is 171 Å². The third-order valence-electron chi connectivity index (χ3n) is 6.11. The number of hydrogen-bond donors (Lipinski definition) is 5. The number of benzene rings is 2. The van der Waals surface area contributed by atoms with Crippen molar-refractivity contribution in [2.24, 2.45) is 5.10 Å². The molecule has 2 aromatic carbocycles. The first-order chi connectivity index (χ1) is 17.9. The van der Waals surface area contributed by atoms with Crippen LogP contribution in [0.15, 0.2) is 66.2 Å². The average Bonchev–Trinajstić information content (AvgIpc) is 3.35. The van der Waals surface area contributed by atoms with Crippen molar-refractivity contribution < 1.29 is 29.9 Å². The van der Waals surface area contributed by atoms with E-state index in [0.29, 0.717) is 22.3 Å². The van der Waals surface area contributed by atoms with Crippen LogP contribution in [0.2, 0.25) is 0 Å². The predicted octanol–water partition coefficient (Wildman–Crippen LogP) is 0.0708. The number of hydrogen-bond acceptors (Lipinski definition) is 10. The number of nitrogens with one attached hydrogen (secondary N) is 1. The number of nitrogens with zero attached hydrogens (tertiary/aromatic N) is 5. The number of fused-ring (bicyclic) bond motifs is 1. The van der Waals surface area contributed by atoms with E-state index in [1.54, 1.807) is 41.4 Å². The number of aliphatic hydroxyl groups excluding tert-OH is 4. The van der Waals surface area contributed by atoms with E-state index in [1.165, 1.54) is 11.0 Å². The first-order valence-electron chi connectivity index (χ1n) is 11.5. The molecule has 0 bridgehead atoms. The van der Waals surface area contributed by atoms with Gasteiger partial charge in [0.1, 0.15) is 36.5 Å². The second-order valence-electron chi connectivity index (χ2n) is 8.70. The minimum atomic E-state index is -1.52. The van der Waals surface area contributed by atoms with Gasteiger partial charge in [-0.2, -0.15) is 10.2 Å². The zero-order valence-corrected chi connectivity index (χ0v) is 19.8. The van der Waals surface area contributed by atoms with Crippen molar-refractivity contribution in [2.45, 2.75) is 37.6 Å². The lowest BCUT2D eigenvalue weighted by atomic mass is 9.99. The third kappa shape index (κ3) is 4.88. The summed E-state index contributed by atoms with van der Waals surface area (Å²) in [7, 11) is 0. The molecular formula is C25H26N6O6. The van der Waals surface area contributed by atoms with Gasteiger partial charge in [0, 0.05) is 0 Å². The molecule has 192 valence electrons. The molecule has 3 heterocycles. The van der Waals surface area contributed by atoms with E-state index in [0.717, 1.165) is 11.3 Å². The van der Waals surface area contributed by atoms with E-state index >= 15 is 0 Å². The van der Waals surface area contributed by atoms with Gasteiger partial charge in [0.05, 0.1) is 30.1 Å². The number of aryl methyl sites for hydroxylation is 1. The second-order valence-corrected chi connectivity index (χ2v) is 8.70. The van der Waals surface area contributed by atoms with Crippen LogP contribution in [0.25, 0.3) is 16.7 Å². The number of aromatic nitrogens is 4. The lowest BCUT2D eigenvalue weighted by molar-refractivity contribution is -0.277. The maximum atomic E-state index is 10.1. The molecule has 0 radical (unpaired) electrons. The molecule has 1 aliphatic rings. The van der Waals surface area contributed by atoms with E-state index in [2.05, 4.69) is 15.2 Å². The Morgan fingerprint density at radius 3 is 2.49 bits per heavy atom. The molecule has 12 heteroatoms. The monoisotopic (exact) mass is 506 g/mol. The molecular weight excluding hydrogens is 480 g/mol. The first-order valence-corrected chi connectivity index (χ1v) is 11.5. The predicted molar refractivity (Wildman–Crippen MR) is 131 cm³/mol. The van der Waals surface area contributed by atoms with Crippen molar-refractivity contribution >= 4 is 17.2 Å². The molecule has 37 heavy (non-hydrogen) atoms. The highest BCUT2D eigenvalue weighted by Crippen LogP contribution is 2.24. The van der Waals surface area contributed by atoms with Gasteiger partial charge >= 0.3 is 0 Å². The molecule has 2 aromatic heterocycles. The third-order valence-corrected chi connectivity index (χ3v) is 6.11. The maximum Gasteiger partial charge on any atom is 0.229 e. The summed E-state index contributed by atoms with van der Waals surface area (Å²) in [4.78, 5) is 4.44. The summed E-state index contributed by atoms with van der Waals surface area (Å²) in [5.41, 5.74) is 3.36. The van der Waals surface area contributed by atoms with E-state index in [1.807, 2.05) is 31.2 Å². The van der Waals surface area contributed by atoms with E-state index < -0.39 is 37.3 Å². The molecule has 5 unspecified atom stereocenters. The van der Waals surface area contributed by atoms with Crippen LogP contribution in [0.1, 0.15) is 11.1 Å². The SMILES string of the molecule is Cc1ccc(-n2ncc3c(=N)n(/N=C\c4ccc(OC5OC(CO)C(O)C(O)C5O)cc4)cnc32)cc1. The number of ether oxygens (including phenoxy) is 2. The molecule has 4 aromatic rings. The molecule has 1 saturated heterocycles. The summed E-state index contributed by atoms with van der Waals surface area (Å²) in [6, 6.07) is 14.5. The molecule has 0 saturated carbocycles. The summed E-state index contributed by atoms with van der Waals surface area (Å²) in [6.45, 7) is 1.47. The quantitative estimate of drug-likeness (QED) is 0.229. The Kier molecular flexibility index (Phi) is 6.82. The molecule has 0 amide bonds. The Labute approximate surface area is 210 Å². The van der Waals surface area contributed by atoms with Crippen molar-refractivity contribution in [1.82, 2.24) is 19.4 Å². The molecule has 5 rings (SSSR count). The Morgan fingerprint density at radius 2 is 1.78 bits per heavy atom. The van der Waals surface area contributed by atoms with Gasteiger partial charge < -0.3 is 29.9 Å². The van der Waals surface area contributed by atoms with Gasteiger partial charge in [-0.3, -0.25) is 5.41 Å². The lowest BCUT2D eigenvalue weighted by Crippen LogP contribution is -2.60. The van der Waals surface area contributed by atoms with Gasteiger partial charge in [0.25, 0.3) is 0 Å². The van der Waals surface area contributed by atoms with Crippen LogP contribution in [0.3, 0.4) is 0 Å². The summed E-state index contributed by atoms with van der Waals surface area (Å²) in [5.74, 6) is 0.335. The number of aliphatic hydroxyl groups is 4. The standard InChI is InChI=1S/C25H26N6O6/c1-14-2-6-16(7-3-14)31-24-18(11-29-31)23(26)30(13-27-24)28-10-15-4-8-17(9-5-15)36-25-22(35)21(34)20(33)19(12-32)37-25/h2-11,13,19-22,25-26,32-35H,12H2,1H3/b26-23?,28-10-. The first kappa shape index (κ1) is 24.7. The van der Waals surface area contributed by atoms with Crippen LogP contribution >= 0.6 is 0 Å². The minimum absolute atomic E-state index is 0.127. The van der Waals surface area contributed by atoms with Gasteiger partial charge in [-0.1, -0.05) is 17.7 Å². The zero-order chi connectivity index (χ0) is 26.1. The maximum absolute atomic E-state index is 10.1. The van der Waals surface area contributed by atoms with E-state index in [4.69, 9.17) is 14.9 Å². The molecule has 5 atom stereocenters. The van der Waals surface area contributed by atoms with E-state index in [-0.39, 0.29) is 5.49 Å². The minimum Gasteiger partial charge on any atom is -0.462 e. The second kappa shape index (κ2) is 10.2. The van der Waals surface area contributed by atoms with E-state index in [9.17, 15) is 20.4 Å². The molecule has 1 aliphatic heterocycles.